The summed E-state index contributed by atoms with van der Waals surface area (Å²) in [5.41, 5.74) is 1.06. The molecule has 2 N–H and O–H groups in total. The monoisotopic (exact) mass is 681 g/mol. The minimum Gasteiger partial charge on any atom is -0.504 e. The Kier molecular flexibility index (Phi) is 7.80. The van der Waals surface area contributed by atoms with E-state index < -0.39 is 45.8 Å². The number of allylic oxidation sites excluding steroid dienone is 3. The van der Waals surface area contributed by atoms with E-state index in [-0.39, 0.29) is 29.3 Å². The van der Waals surface area contributed by atoms with Gasteiger partial charge >= 0.3 is 6.18 Å². The number of phenols is 1. The van der Waals surface area contributed by atoms with Gasteiger partial charge < -0.3 is 9.84 Å². The maximum absolute atomic E-state index is 14.7. The summed E-state index contributed by atoms with van der Waals surface area (Å²) in [6.45, 7) is 3.92. The number of benzene rings is 2. The zero-order chi connectivity index (χ0) is 30.6. The molecule has 1 saturated heterocycles. The van der Waals surface area contributed by atoms with Crippen molar-refractivity contribution in [1.29, 1.82) is 0 Å². The lowest BCUT2D eigenvalue weighted by Crippen LogP contribution is -2.48. The minimum absolute atomic E-state index is 0.114. The van der Waals surface area contributed by atoms with E-state index in [2.05, 4.69) is 32.9 Å². The van der Waals surface area contributed by atoms with Gasteiger partial charge in [0.25, 0.3) is 11.8 Å². The number of anilines is 1. The van der Waals surface area contributed by atoms with E-state index in [0.29, 0.717) is 32.9 Å². The van der Waals surface area contributed by atoms with E-state index >= 15 is 0 Å². The first-order chi connectivity index (χ1) is 19.8. The van der Waals surface area contributed by atoms with Gasteiger partial charge in [-0.2, -0.15) is 18.2 Å². The first-order valence-electron chi connectivity index (χ1n) is 12.4. The number of carbonyl (C=O) groups is 2. The number of aromatic hydroxyl groups is 1. The molecule has 3 aromatic rings. The summed E-state index contributed by atoms with van der Waals surface area (Å²) >= 11 is 15.7. The second-order valence-electron chi connectivity index (χ2n) is 9.69. The third-order valence-electron chi connectivity index (χ3n) is 7.55. The number of alkyl halides is 3. The van der Waals surface area contributed by atoms with Crippen molar-refractivity contribution in [3.63, 3.8) is 0 Å². The molecule has 13 heteroatoms. The molecule has 7 nitrogen and oxygen atoms in total. The lowest BCUT2D eigenvalue weighted by molar-refractivity contribution is -0.139. The smallest absolute Gasteiger partial charge is 0.417 e. The Labute approximate surface area is 256 Å². The van der Waals surface area contributed by atoms with Crippen molar-refractivity contribution in [3.05, 3.63) is 104 Å². The number of aromatic nitrogens is 1. The molecule has 0 bridgehead atoms. The number of rotatable bonds is 6. The van der Waals surface area contributed by atoms with Crippen molar-refractivity contribution in [1.82, 2.24) is 9.99 Å². The summed E-state index contributed by atoms with van der Waals surface area (Å²) in [6.07, 6.45) is -0.722. The van der Waals surface area contributed by atoms with Gasteiger partial charge in [-0.1, -0.05) is 70.0 Å². The number of hydrogen-bond donors (Lipinski definition) is 2. The second kappa shape index (κ2) is 10.9. The Balaban J connectivity index is 1.73. The molecular weight excluding hydrogens is 662 g/mol. The van der Waals surface area contributed by atoms with Crippen molar-refractivity contribution in [2.75, 3.05) is 12.5 Å². The number of halogens is 6. The van der Waals surface area contributed by atoms with Crippen LogP contribution >= 0.6 is 39.1 Å². The fourth-order valence-electron chi connectivity index (χ4n) is 5.73. The number of hydrazine groups is 1. The normalized spacial score (nSPS) is 22.1. The maximum Gasteiger partial charge on any atom is 0.417 e. The van der Waals surface area contributed by atoms with Crippen LogP contribution in [0.3, 0.4) is 0 Å². The quantitative estimate of drug-likeness (QED) is 0.263. The van der Waals surface area contributed by atoms with E-state index in [1.54, 1.807) is 48.6 Å². The maximum atomic E-state index is 14.7. The molecule has 0 radical (unpaired) electrons. The van der Waals surface area contributed by atoms with Gasteiger partial charge in [0.2, 0.25) is 0 Å². The van der Waals surface area contributed by atoms with Crippen LogP contribution in [-0.4, -0.2) is 34.0 Å². The van der Waals surface area contributed by atoms with Crippen LogP contribution < -0.4 is 10.2 Å². The lowest BCUT2D eigenvalue weighted by atomic mass is 9.56. The van der Waals surface area contributed by atoms with Crippen molar-refractivity contribution in [2.24, 2.45) is 5.92 Å². The highest BCUT2D eigenvalue weighted by Gasteiger charge is 2.66. The zero-order valence-electron chi connectivity index (χ0n) is 21.7. The van der Waals surface area contributed by atoms with Crippen LogP contribution in [0.2, 0.25) is 10.0 Å². The Morgan fingerprint density at radius 1 is 1.21 bits per heavy atom. The van der Waals surface area contributed by atoms with Gasteiger partial charge in [-0.05, 0) is 47.9 Å². The summed E-state index contributed by atoms with van der Waals surface area (Å²) < 4.78 is 45.5. The number of methoxy groups -OCH3 is 1. The third-order valence-corrected chi connectivity index (χ3v) is 8.54. The molecule has 3 atom stereocenters. The lowest BCUT2D eigenvalue weighted by Gasteiger charge is -2.43. The topological polar surface area (TPSA) is 91.8 Å². The van der Waals surface area contributed by atoms with Crippen molar-refractivity contribution >= 4 is 56.8 Å². The van der Waals surface area contributed by atoms with Crippen molar-refractivity contribution in [2.45, 2.75) is 23.9 Å². The summed E-state index contributed by atoms with van der Waals surface area (Å²) in [5, 5.41) is 12.0. The van der Waals surface area contributed by atoms with Gasteiger partial charge in [0, 0.05) is 27.2 Å². The second-order valence-corrected chi connectivity index (χ2v) is 11.5. The highest BCUT2D eigenvalue weighted by molar-refractivity contribution is 9.10. The van der Waals surface area contributed by atoms with E-state index in [9.17, 15) is 27.9 Å². The van der Waals surface area contributed by atoms with Crippen LogP contribution in [0.1, 0.15) is 29.0 Å². The van der Waals surface area contributed by atoms with Crippen LogP contribution in [0.5, 0.6) is 11.5 Å². The number of amides is 2. The van der Waals surface area contributed by atoms with E-state index in [0.717, 1.165) is 5.01 Å². The van der Waals surface area contributed by atoms with Gasteiger partial charge in [0.1, 0.15) is 0 Å². The molecule has 218 valence electrons. The van der Waals surface area contributed by atoms with Crippen molar-refractivity contribution in [3.8, 4) is 11.5 Å². The van der Waals surface area contributed by atoms with Gasteiger partial charge in [-0.15, -0.1) is 0 Å². The number of nitrogens with zero attached hydrogens (tertiary/aromatic N) is 2. The average Bonchev–Trinajstić information content (AvgIpc) is 3.16. The third kappa shape index (κ3) is 4.73. The highest BCUT2D eigenvalue weighted by atomic mass is 79.9. The molecule has 0 saturated carbocycles. The number of ether oxygens (including phenoxy) is 1. The molecule has 2 heterocycles. The van der Waals surface area contributed by atoms with Crippen LogP contribution in [0, 0.1) is 5.92 Å². The first kappa shape index (κ1) is 29.9. The van der Waals surface area contributed by atoms with Gasteiger partial charge in [0.15, 0.2) is 17.3 Å². The van der Waals surface area contributed by atoms with E-state index in [1.165, 1.54) is 7.11 Å². The molecule has 0 spiro atoms. The number of hydrogen-bond acceptors (Lipinski definition) is 6. The molecule has 1 fully saturated rings. The van der Waals surface area contributed by atoms with Crippen LogP contribution in [-0.2, 0) is 21.2 Å². The molecule has 42 heavy (non-hydrogen) atoms. The Bertz CT molecular complexity index is 1650. The predicted octanol–water partition coefficient (Wildman–Crippen LogP) is 7.43. The summed E-state index contributed by atoms with van der Waals surface area (Å²) in [6, 6.07) is 10.2. The fraction of sp³-hybridized carbons (Fsp3) is 0.207. The largest absolute Gasteiger partial charge is 0.504 e. The number of carbonyl (C=O) groups excluding carboxylic acids is 2. The van der Waals surface area contributed by atoms with Crippen LogP contribution in [0.25, 0.3) is 0 Å². The van der Waals surface area contributed by atoms with Crippen LogP contribution in [0.4, 0.5) is 19.0 Å². The van der Waals surface area contributed by atoms with Gasteiger partial charge in [-0.25, -0.2) is 4.98 Å². The van der Waals surface area contributed by atoms with E-state index in [4.69, 9.17) is 27.9 Å². The minimum atomic E-state index is -4.70. The molecule has 1 aliphatic carbocycles. The number of phenolic OH excluding ortho intramolecular Hbond substituents is 1. The Hall–Kier alpha value is -3.54. The first-order valence-corrected chi connectivity index (χ1v) is 13.9. The molecule has 1 aromatic heterocycles. The van der Waals surface area contributed by atoms with E-state index in [1.807, 2.05) is 0 Å². The molecule has 0 unspecified atom stereocenters. The molecule has 1 aliphatic heterocycles. The molecule has 2 aromatic carbocycles. The highest BCUT2D eigenvalue weighted by Crippen LogP contribution is 2.59. The Morgan fingerprint density at radius 2 is 1.90 bits per heavy atom. The SMILES string of the molecule is C=CC1=CC[C@H]2C(=O)N(Nc3ncc(C(F)(F)F)cc3Cl)C(=O)[C@@]2(c2ccc(Cl)cc2)[C@H]1c1cc(Br)cc(OC)c1O. The summed E-state index contributed by atoms with van der Waals surface area (Å²) in [4.78, 5) is 32.4. The number of imide groups is 1. The van der Waals surface area contributed by atoms with Gasteiger partial charge in [-0.3, -0.25) is 15.0 Å². The van der Waals surface area contributed by atoms with Crippen molar-refractivity contribution < 1.29 is 32.6 Å². The number of nitrogens with one attached hydrogen (secondary N) is 1. The standard InChI is InChI=1S/C29H21BrCl2F3N3O4/c1-3-14-4-9-20-26(40)38(37-25-21(32)10-16(13-36-25)29(33,34)35)27(41)28(20,15-5-7-18(31)8-6-15)23(14)19-11-17(30)12-22(42-2)24(19)39/h3-8,10-13,20,23,39H,1,9H2,2H3,(H,36,37)/t20-,23+,28+/m0/s1. The fourth-order valence-corrected chi connectivity index (χ4v) is 6.52. The van der Waals surface area contributed by atoms with Crippen LogP contribution in [0.15, 0.2) is 77.4 Å². The average molecular weight is 683 g/mol. The molecular formula is C29H21BrCl2F3N3O4. The molecule has 2 aliphatic rings. The summed E-state index contributed by atoms with van der Waals surface area (Å²) in [7, 11) is 1.38. The number of pyridine rings is 1. The summed E-state index contributed by atoms with van der Waals surface area (Å²) in [5.74, 6) is -3.82. The molecule has 5 rings (SSSR count). The zero-order valence-corrected chi connectivity index (χ0v) is 24.8. The predicted molar refractivity (Wildman–Crippen MR) is 154 cm³/mol. The molecule has 2 amide bonds. The Morgan fingerprint density at radius 3 is 2.50 bits per heavy atom. The number of fused-ring (bicyclic) bond motifs is 1. The van der Waals surface area contributed by atoms with Gasteiger partial charge in [0.05, 0.1) is 29.0 Å².